The first-order valence-corrected chi connectivity index (χ1v) is 8.93. The molecule has 0 spiro atoms. The Morgan fingerprint density at radius 1 is 1.23 bits per heavy atom. The standard InChI is InChI=1S/C16H20F3N3O3S/c1-2-25-15(24)22-9-7-12(8-10-22)21-14(23)20-11-3-5-13(6-4-11)26-16(17,18)19/h3-6,12H,2,7-10H2,1H3,(H2,20,21,23). The van der Waals surface area contributed by atoms with Crippen molar-refractivity contribution in [3.8, 4) is 0 Å². The largest absolute Gasteiger partial charge is 0.450 e. The molecule has 26 heavy (non-hydrogen) atoms. The Morgan fingerprint density at radius 3 is 2.38 bits per heavy atom. The van der Waals surface area contributed by atoms with Gasteiger partial charge in [0.2, 0.25) is 0 Å². The molecule has 0 bridgehead atoms. The summed E-state index contributed by atoms with van der Waals surface area (Å²) in [5.74, 6) is 0. The van der Waals surface area contributed by atoms with Gasteiger partial charge in [-0.2, -0.15) is 13.2 Å². The van der Waals surface area contributed by atoms with Gasteiger partial charge >= 0.3 is 17.6 Å². The number of benzene rings is 1. The van der Waals surface area contributed by atoms with Gasteiger partial charge in [-0.1, -0.05) is 0 Å². The van der Waals surface area contributed by atoms with Crippen LogP contribution in [0.1, 0.15) is 19.8 Å². The molecule has 1 aromatic rings. The van der Waals surface area contributed by atoms with E-state index in [1.807, 2.05) is 0 Å². The number of amides is 3. The van der Waals surface area contributed by atoms with Gasteiger partial charge in [0.15, 0.2) is 0 Å². The summed E-state index contributed by atoms with van der Waals surface area (Å²) in [6.45, 7) is 3.05. The van der Waals surface area contributed by atoms with Gasteiger partial charge in [0.25, 0.3) is 0 Å². The van der Waals surface area contributed by atoms with Gasteiger partial charge in [-0.3, -0.25) is 0 Å². The number of carbonyl (C=O) groups excluding carboxylic acids is 2. The van der Waals surface area contributed by atoms with E-state index in [-0.39, 0.29) is 28.8 Å². The van der Waals surface area contributed by atoms with Gasteiger partial charge in [-0.15, -0.1) is 0 Å². The molecule has 0 atom stereocenters. The number of hydrogen-bond donors (Lipinski definition) is 2. The number of nitrogens with one attached hydrogen (secondary N) is 2. The van der Waals surface area contributed by atoms with Gasteiger partial charge in [0.05, 0.1) is 6.61 Å². The van der Waals surface area contributed by atoms with Crippen molar-refractivity contribution >= 4 is 29.6 Å². The fourth-order valence-corrected chi connectivity index (χ4v) is 3.05. The molecule has 2 rings (SSSR count). The van der Waals surface area contributed by atoms with Gasteiger partial charge in [0.1, 0.15) is 0 Å². The van der Waals surface area contributed by atoms with E-state index in [2.05, 4.69) is 10.6 Å². The Bertz CT molecular complexity index is 617. The van der Waals surface area contributed by atoms with Gasteiger partial charge in [0, 0.05) is 29.7 Å². The molecule has 1 aliphatic rings. The van der Waals surface area contributed by atoms with Crippen molar-refractivity contribution in [3.05, 3.63) is 24.3 Å². The zero-order valence-electron chi connectivity index (χ0n) is 14.1. The molecular formula is C16H20F3N3O3S. The maximum atomic E-state index is 12.3. The Hall–Kier alpha value is -2.10. The second kappa shape index (κ2) is 9.02. The third-order valence-electron chi connectivity index (χ3n) is 3.70. The van der Waals surface area contributed by atoms with E-state index >= 15 is 0 Å². The predicted octanol–water partition coefficient (Wildman–Crippen LogP) is 4.04. The smallest absolute Gasteiger partial charge is 0.446 e. The van der Waals surface area contributed by atoms with E-state index in [0.717, 1.165) is 0 Å². The van der Waals surface area contributed by atoms with Gasteiger partial charge in [-0.25, -0.2) is 9.59 Å². The second-order valence-electron chi connectivity index (χ2n) is 5.63. The van der Waals surface area contributed by atoms with Crippen LogP contribution in [0.3, 0.4) is 0 Å². The number of likely N-dealkylation sites (tertiary alicyclic amines) is 1. The van der Waals surface area contributed by atoms with Crippen LogP contribution in [0.5, 0.6) is 0 Å². The second-order valence-corrected chi connectivity index (χ2v) is 6.77. The first-order chi connectivity index (χ1) is 12.3. The van der Waals surface area contributed by atoms with E-state index in [0.29, 0.717) is 38.2 Å². The van der Waals surface area contributed by atoms with Crippen molar-refractivity contribution in [1.82, 2.24) is 10.2 Å². The Balaban J connectivity index is 1.76. The average Bonchev–Trinajstić information content (AvgIpc) is 2.56. The number of rotatable bonds is 4. The number of anilines is 1. The molecule has 3 amide bonds. The minimum atomic E-state index is -4.34. The highest BCUT2D eigenvalue weighted by atomic mass is 32.2. The van der Waals surface area contributed by atoms with Crippen molar-refractivity contribution < 1.29 is 27.5 Å². The van der Waals surface area contributed by atoms with Crippen LogP contribution in [-0.2, 0) is 4.74 Å². The summed E-state index contributed by atoms with van der Waals surface area (Å²) in [6, 6.07) is 4.90. The van der Waals surface area contributed by atoms with E-state index in [9.17, 15) is 22.8 Å². The summed E-state index contributed by atoms with van der Waals surface area (Å²) in [5, 5.41) is 5.39. The van der Waals surface area contributed by atoms with E-state index in [4.69, 9.17) is 4.74 Å². The molecule has 2 N–H and O–H groups in total. The highest BCUT2D eigenvalue weighted by molar-refractivity contribution is 8.00. The molecule has 6 nitrogen and oxygen atoms in total. The number of alkyl halides is 3. The van der Waals surface area contributed by atoms with Crippen molar-refractivity contribution in [3.63, 3.8) is 0 Å². The molecular weight excluding hydrogens is 371 g/mol. The lowest BCUT2D eigenvalue weighted by Gasteiger charge is -2.31. The van der Waals surface area contributed by atoms with Crippen LogP contribution in [0.15, 0.2) is 29.2 Å². The van der Waals surface area contributed by atoms with Crippen LogP contribution < -0.4 is 10.6 Å². The number of hydrogen-bond acceptors (Lipinski definition) is 4. The van der Waals surface area contributed by atoms with Gasteiger partial charge in [-0.05, 0) is 55.8 Å². The number of carbonyl (C=O) groups is 2. The maximum absolute atomic E-state index is 12.3. The Morgan fingerprint density at radius 2 is 1.85 bits per heavy atom. The molecule has 0 unspecified atom stereocenters. The summed E-state index contributed by atoms with van der Waals surface area (Å²) in [4.78, 5) is 25.3. The summed E-state index contributed by atoms with van der Waals surface area (Å²) in [5.41, 5.74) is -3.94. The van der Waals surface area contributed by atoms with E-state index in [1.165, 1.54) is 24.3 Å². The molecule has 1 heterocycles. The molecule has 0 radical (unpaired) electrons. The van der Waals surface area contributed by atoms with Crippen LogP contribution in [-0.4, -0.2) is 48.3 Å². The topological polar surface area (TPSA) is 70.7 Å². The molecule has 1 fully saturated rings. The molecule has 0 aliphatic carbocycles. The maximum Gasteiger partial charge on any atom is 0.446 e. The number of thioether (sulfide) groups is 1. The first-order valence-electron chi connectivity index (χ1n) is 8.12. The quantitative estimate of drug-likeness (QED) is 0.760. The highest BCUT2D eigenvalue weighted by Crippen LogP contribution is 2.37. The third kappa shape index (κ3) is 6.66. The predicted molar refractivity (Wildman–Crippen MR) is 92.1 cm³/mol. The summed E-state index contributed by atoms with van der Waals surface area (Å²) in [6.07, 6.45) is 0.855. The number of urea groups is 1. The number of halogens is 3. The van der Waals surface area contributed by atoms with Crippen molar-refractivity contribution in [2.75, 3.05) is 25.0 Å². The number of piperidine rings is 1. The molecule has 0 saturated carbocycles. The van der Waals surface area contributed by atoms with E-state index < -0.39 is 11.5 Å². The Kier molecular flexibility index (Phi) is 7.01. The molecule has 0 aromatic heterocycles. The molecule has 144 valence electrons. The minimum absolute atomic E-state index is 0.0507. The lowest BCUT2D eigenvalue weighted by atomic mass is 10.1. The summed E-state index contributed by atoms with van der Waals surface area (Å²) in [7, 11) is 0. The zero-order valence-corrected chi connectivity index (χ0v) is 15.0. The van der Waals surface area contributed by atoms with Crippen molar-refractivity contribution in [1.29, 1.82) is 0 Å². The molecule has 1 aromatic carbocycles. The van der Waals surface area contributed by atoms with Crippen molar-refractivity contribution in [2.24, 2.45) is 0 Å². The lowest BCUT2D eigenvalue weighted by Crippen LogP contribution is -2.47. The third-order valence-corrected chi connectivity index (χ3v) is 4.44. The fourth-order valence-electron chi connectivity index (χ4n) is 2.51. The normalized spacial score (nSPS) is 15.5. The van der Waals surface area contributed by atoms with Crippen LogP contribution in [0, 0.1) is 0 Å². The van der Waals surface area contributed by atoms with Crippen molar-refractivity contribution in [2.45, 2.75) is 36.2 Å². The zero-order chi connectivity index (χ0) is 19.2. The van der Waals surface area contributed by atoms with Crippen LogP contribution in [0.25, 0.3) is 0 Å². The number of nitrogens with zero attached hydrogens (tertiary/aromatic N) is 1. The average molecular weight is 391 g/mol. The molecule has 1 saturated heterocycles. The Labute approximate surface area is 153 Å². The summed E-state index contributed by atoms with van der Waals surface area (Å²) < 4.78 is 41.8. The van der Waals surface area contributed by atoms with E-state index in [1.54, 1.807) is 11.8 Å². The van der Waals surface area contributed by atoms with Crippen LogP contribution in [0.2, 0.25) is 0 Å². The first kappa shape index (κ1) is 20.2. The highest BCUT2D eigenvalue weighted by Gasteiger charge is 2.29. The van der Waals surface area contributed by atoms with Crippen LogP contribution >= 0.6 is 11.8 Å². The molecule has 1 aliphatic heterocycles. The van der Waals surface area contributed by atoms with Crippen LogP contribution in [0.4, 0.5) is 28.4 Å². The molecule has 10 heteroatoms. The van der Waals surface area contributed by atoms with Gasteiger partial charge < -0.3 is 20.3 Å². The SMILES string of the molecule is CCOC(=O)N1CCC(NC(=O)Nc2ccc(SC(F)(F)F)cc2)CC1. The fraction of sp³-hybridized carbons (Fsp3) is 0.500. The lowest BCUT2D eigenvalue weighted by molar-refractivity contribution is -0.0328. The monoisotopic (exact) mass is 391 g/mol. The minimum Gasteiger partial charge on any atom is -0.450 e. The number of ether oxygens (including phenoxy) is 1. The summed E-state index contributed by atoms with van der Waals surface area (Å²) >= 11 is -0.208.